The summed E-state index contributed by atoms with van der Waals surface area (Å²) in [4.78, 5) is 19.7. The molecule has 3 heterocycles. The molecule has 0 radical (unpaired) electrons. The van der Waals surface area contributed by atoms with E-state index in [0.29, 0.717) is 36.3 Å². The van der Waals surface area contributed by atoms with Crippen LogP contribution in [-0.4, -0.2) is 98.2 Å². The van der Waals surface area contributed by atoms with Crippen molar-refractivity contribution in [3.05, 3.63) is 72.2 Å². The second-order valence-electron chi connectivity index (χ2n) is 13.8. The van der Waals surface area contributed by atoms with Crippen molar-refractivity contribution in [2.24, 2.45) is 17.8 Å². The lowest BCUT2D eigenvalue weighted by Crippen LogP contribution is -2.53. The van der Waals surface area contributed by atoms with Gasteiger partial charge in [0.05, 0.1) is 42.5 Å². The molecule has 3 aliphatic rings. The second kappa shape index (κ2) is 14.7. The summed E-state index contributed by atoms with van der Waals surface area (Å²) in [5.74, 6) is 1.46. The Morgan fingerprint density at radius 1 is 1.06 bits per heavy atom. The Kier molecular flexibility index (Phi) is 10.5. The molecule has 1 amide bonds. The number of hydrogen-bond acceptors (Lipinski definition) is 10. The van der Waals surface area contributed by atoms with Crippen molar-refractivity contribution in [3.63, 3.8) is 0 Å². The van der Waals surface area contributed by atoms with Crippen LogP contribution in [0.25, 0.3) is 11.3 Å². The minimum absolute atomic E-state index is 0.0277. The third-order valence-electron chi connectivity index (χ3n) is 9.19. The molecule has 12 nitrogen and oxygen atoms in total. The Morgan fingerprint density at radius 2 is 1.81 bits per heavy atom. The molecule has 3 bridgehead atoms. The number of nitrogens with zero attached hydrogens (tertiary/aromatic N) is 3. The molecular weight excluding hydrogens is 636 g/mol. The summed E-state index contributed by atoms with van der Waals surface area (Å²) < 4.78 is 52.9. The third kappa shape index (κ3) is 7.93. The number of alkyl carbamates (subject to hydrolysis) is 1. The van der Waals surface area contributed by atoms with Crippen LogP contribution in [0.4, 0.5) is 4.79 Å². The summed E-state index contributed by atoms with van der Waals surface area (Å²) in [6, 6.07) is 15.1. The highest BCUT2D eigenvalue weighted by Crippen LogP contribution is 2.46. The number of carbonyl (C=O) groups excluding carboxylic acids is 1. The molecule has 3 aromatic rings. The fourth-order valence-corrected chi connectivity index (χ4v) is 8.55. The maximum atomic E-state index is 14.0. The van der Waals surface area contributed by atoms with Gasteiger partial charge in [0.25, 0.3) is 0 Å². The van der Waals surface area contributed by atoms with Gasteiger partial charge in [-0.25, -0.2) is 18.2 Å². The normalized spacial score (nSPS) is 24.7. The number of sulfonamides is 1. The number of oxazole rings is 1. The van der Waals surface area contributed by atoms with Gasteiger partial charge in [0.1, 0.15) is 6.10 Å². The average Bonchev–Trinajstić information content (AvgIpc) is 3.63. The molecule has 5 unspecified atom stereocenters. The number of ether oxygens (including phenoxy) is 3. The summed E-state index contributed by atoms with van der Waals surface area (Å²) in [6.07, 6.45) is 0.757. The van der Waals surface area contributed by atoms with Gasteiger partial charge in [-0.3, -0.25) is 0 Å². The van der Waals surface area contributed by atoms with E-state index in [4.69, 9.17) is 18.6 Å². The van der Waals surface area contributed by atoms with E-state index in [1.807, 2.05) is 63.2 Å². The largest absolute Gasteiger partial charge is 0.443 e. The number of carbonyl (C=O) groups is 1. The van der Waals surface area contributed by atoms with Gasteiger partial charge in [-0.05, 0) is 69.1 Å². The van der Waals surface area contributed by atoms with Crippen molar-refractivity contribution < 1.29 is 36.9 Å². The van der Waals surface area contributed by atoms with Crippen molar-refractivity contribution in [2.75, 3.05) is 33.8 Å². The monoisotopic (exact) mass is 682 g/mol. The maximum absolute atomic E-state index is 14.0. The highest BCUT2D eigenvalue weighted by Gasteiger charge is 2.53. The van der Waals surface area contributed by atoms with Gasteiger partial charge in [-0.15, -0.1) is 0 Å². The van der Waals surface area contributed by atoms with Gasteiger partial charge in [0, 0.05) is 30.5 Å². The summed E-state index contributed by atoms with van der Waals surface area (Å²) >= 11 is 0. The topological polar surface area (TPSA) is 144 Å². The minimum Gasteiger partial charge on any atom is -0.443 e. The van der Waals surface area contributed by atoms with E-state index in [1.54, 1.807) is 18.3 Å². The first-order valence-corrected chi connectivity index (χ1v) is 18.1. The van der Waals surface area contributed by atoms with Crippen LogP contribution in [0.1, 0.15) is 38.1 Å². The minimum atomic E-state index is -4.02. The molecule has 1 saturated carbocycles. The second-order valence-corrected chi connectivity index (χ2v) is 15.8. The Morgan fingerprint density at radius 3 is 2.52 bits per heavy atom. The maximum Gasteiger partial charge on any atom is 0.407 e. The summed E-state index contributed by atoms with van der Waals surface area (Å²) in [6.45, 7) is 4.80. The van der Waals surface area contributed by atoms with Gasteiger partial charge in [0.2, 0.25) is 15.9 Å². The molecule has 3 fully saturated rings. The smallest absolute Gasteiger partial charge is 0.407 e. The summed E-state index contributed by atoms with van der Waals surface area (Å²) in [7, 11) is -0.184. The van der Waals surface area contributed by atoms with Crippen molar-refractivity contribution in [2.45, 2.75) is 75.2 Å². The van der Waals surface area contributed by atoms with Crippen LogP contribution in [0.5, 0.6) is 0 Å². The van der Waals surface area contributed by atoms with Gasteiger partial charge >= 0.3 is 6.09 Å². The quantitative estimate of drug-likeness (QED) is 0.257. The summed E-state index contributed by atoms with van der Waals surface area (Å²) in [5, 5.41) is 14.5. The molecule has 2 aliphatic heterocycles. The van der Waals surface area contributed by atoms with E-state index in [1.165, 1.54) is 16.4 Å². The number of nitrogens with one attached hydrogen (secondary N) is 1. The van der Waals surface area contributed by atoms with Crippen molar-refractivity contribution in [3.8, 4) is 11.3 Å². The lowest BCUT2D eigenvalue weighted by atomic mass is 9.78. The van der Waals surface area contributed by atoms with E-state index in [0.717, 1.165) is 18.4 Å². The molecule has 2 aromatic carbocycles. The van der Waals surface area contributed by atoms with Crippen LogP contribution >= 0.6 is 0 Å². The fourth-order valence-electron chi connectivity index (χ4n) is 6.92. The van der Waals surface area contributed by atoms with E-state index >= 15 is 0 Å². The highest BCUT2D eigenvalue weighted by molar-refractivity contribution is 7.89. The number of aromatic nitrogens is 1. The Balaban J connectivity index is 1.17. The van der Waals surface area contributed by atoms with Crippen LogP contribution < -0.4 is 5.32 Å². The van der Waals surface area contributed by atoms with Crippen LogP contribution in [0, 0.1) is 17.8 Å². The third-order valence-corrected chi connectivity index (χ3v) is 11.0. The lowest BCUT2D eigenvalue weighted by molar-refractivity contribution is -0.153. The molecule has 7 atom stereocenters. The molecule has 1 aromatic heterocycles. The number of hydrogen-bond donors (Lipinski definition) is 2. The van der Waals surface area contributed by atoms with E-state index in [-0.39, 0.29) is 48.6 Å². The first-order valence-electron chi connectivity index (χ1n) is 16.6. The molecule has 13 heteroatoms. The number of benzene rings is 2. The standard InChI is InChI=1S/C35H46N4O8S/c1-22(2)18-39(48(42,43)27-12-10-24(11-13-27)31-17-36-32(45-31)20-38(3)4)19-29(40)28(14-23-8-6-5-7-9-23)37-35(41)47-33-26-15-25-16-30(33)46-34(25)44-21-26/h5-13,17,22,25-26,28-30,33-34,40H,14-16,18-21H2,1-4H3,(H,37,41)/t25?,26?,28-,29+,30?,33?,34?/m0/s1. The predicted molar refractivity (Wildman–Crippen MR) is 177 cm³/mol. The van der Waals surface area contributed by atoms with Crippen molar-refractivity contribution in [1.29, 1.82) is 0 Å². The number of fused-ring (bicyclic) bond motifs is 2. The molecule has 48 heavy (non-hydrogen) atoms. The first kappa shape index (κ1) is 34.5. The molecule has 6 rings (SSSR count). The summed E-state index contributed by atoms with van der Waals surface area (Å²) in [5.41, 5.74) is 1.58. The molecule has 2 saturated heterocycles. The number of aliphatic hydroxyl groups is 1. The van der Waals surface area contributed by atoms with Gasteiger partial charge in [-0.1, -0.05) is 44.2 Å². The van der Waals surface area contributed by atoms with Crippen LogP contribution in [0.2, 0.25) is 0 Å². The molecular formula is C35H46N4O8S. The van der Waals surface area contributed by atoms with Crippen molar-refractivity contribution in [1.82, 2.24) is 19.5 Å². The molecule has 2 N–H and O–H groups in total. The Hall–Kier alpha value is -3.33. The zero-order chi connectivity index (χ0) is 34.0. The molecule has 0 spiro atoms. The Bertz CT molecular complexity index is 1620. The predicted octanol–water partition coefficient (Wildman–Crippen LogP) is 3.90. The Labute approximate surface area is 282 Å². The number of rotatable bonds is 14. The average molecular weight is 683 g/mol. The van der Waals surface area contributed by atoms with Gasteiger partial charge < -0.3 is 34.0 Å². The zero-order valence-electron chi connectivity index (χ0n) is 27.9. The van der Waals surface area contributed by atoms with E-state index in [2.05, 4.69) is 10.3 Å². The SMILES string of the molecule is CC(C)CN(C[C@@H](O)[C@H](Cc1ccccc1)NC(=O)OC1C2COC3OC1CC3C2)S(=O)(=O)c1ccc(-c2cnc(CN(C)C)o2)cc1. The molecule has 260 valence electrons. The zero-order valence-corrected chi connectivity index (χ0v) is 28.7. The van der Waals surface area contributed by atoms with Crippen LogP contribution in [-0.2, 0) is 37.2 Å². The lowest BCUT2D eigenvalue weighted by Gasteiger charge is -2.37. The van der Waals surface area contributed by atoms with Crippen molar-refractivity contribution >= 4 is 16.1 Å². The van der Waals surface area contributed by atoms with Gasteiger partial charge in [0.15, 0.2) is 12.1 Å². The van der Waals surface area contributed by atoms with Crippen LogP contribution in [0.3, 0.4) is 0 Å². The van der Waals surface area contributed by atoms with E-state index in [9.17, 15) is 18.3 Å². The van der Waals surface area contributed by atoms with Crippen LogP contribution in [0.15, 0.2) is 70.1 Å². The van der Waals surface area contributed by atoms with Gasteiger partial charge in [-0.2, -0.15) is 4.31 Å². The number of aliphatic hydroxyl groups excluding tert-OH is 1. The fraction of sp³-hybridized carbons (Fsp3) is 0.543. The molecule has 1 aliphatic carbocycles. The number of amides is 1. The highest BCUT2D eigenvalue weighted by atomic mass is 32.2. The van der Waals surface area contributed by atoms with E-state index < -0.39 is 34.4 Å². The first-order chi connectivity index (χ1) is 23.0.